The van der Waals surface area contributed by atoms with Crippen molar-refractivity contribution in [1.29, 1.82) is 0 Å². The van der Waals surface area contributed by atoms with Gasteiger partial charge in [-0.05, 0) is 25.1 Å². The number of aromatic nitrogens is 1. The molecule has 19 heavy (non-hydrogen) atoms. The van der Waals surface area contributed by atoms with Crippen LogP contribution in [-0.4, -0.2) is 15.6 Å². The lowest BCUT2D eigenvalue weighted by molar-refractivity contribution is 0.0953. The van der Waals surface area contributed by atoms with Crippen LogP contribution in [0.25, 0.3) is 5.69 Å². The highest BCUT2D eigenvalue weighted by Gasteiger charge is 2.09. The fourth-order valence-corrected chi connectivity index (χ4v) is 1.79. The Morgan fingerprint density at radius 2 is 2.11 bits per heavy atom. The summed E-state index contributed by atoms with van der Waals surface area (Å²) in [4.78, 5) is 22.8. The first-order valence-electron chi connectivity index (χ1n) is 5.57. The summed E-state index contributed by atoms with van der Waals surface area (Å²) in [7, 11) is 0. The fraction of sp³-hybridized carbons (Fsp3) is 0.0769. The largest absolute Gasteiger partial charge is 0.503 e. The average Bonchev–Trinajstić information content (AvgIpc) is 2.44. The predicted molar refractivity (Wildman–Crippen MR) is 70.1 cm³/mol. The summed E-state index contributed by atoms with van der Waals surface area (Å²) in [5, 5.41) is 9.64. The molecule has 0 saturated carbocycles. The number of amides is 1. The summed E-state index contributed by atoms with van der Waals surface area (Å²) in [6.45, 7) is 1.62. The van der Waals surface area contributed by atoms with E-state index in [4.69, 9.17) is 5.84 Å². The molecule has 0 unspecified atom stereocenters. The summed E-state index contributed by atoms with van der Waals surface area (Å²) in [6.07, 6.45) is 1.54. The van der Waals surface area contributed by atoms with Gasteiger partial charge in [-0.25, -0.2) is 5.84 Å². The van der Waals surface area contributed by atoms with E-state index in [1.54, 1.807) is 35.8 Å². The molecule has 6 nitrogen and oxygen atoms in total. The molecule has 0 fully saturated rings. The Morgan fingerprint density at radius 1 is 1.37 bits per heavy atom. The van der Waals surface area contributed by atoms with Crippen LogP contribution in [0.5, 0.6) is 5.75 Å². The molecule has 2 aromatic rings. The van der Waals surface area contributed by atoms with Gasteiger partial charge in [0, 0.05) is 23.5 Å². The Bertz CT molecular complexity index is 692. The van der Waals surface area contributed by atoms with Gasteiger partial charge >= 0.3 is 0 Å². The molecular formula is C13H13N3O3. The molecule has 0 aliphatic rings. The van der Waals surface area contributed by atoms with Crippen LogP contribution in [-0.2, 0) is 0 Å². The Morgan fingerprint density at radius 3 is 2.79 bits per heavy atom. The zero-order valence-corrected chi connectivity index (χ0v) is 10.3. The zero-order chi connectivity index (χ0) is 14.0. The van der Waals surface area contributed by atoms with E-state index in [2.05, 4.69) is 0 Å². The quantitative estimate of drug-likeness (QED) is 0.414. The van der Waals surface area contributed by atoms with Crippen LogP contribution in [0.2, 0.25) is 0 Å². The maximum Gasteiger partial charge on any atom is 0.265 e. The molecule has 98 valence electrons. The molecular weight excluding hydrogens is 246 g/mol. The first-order chi connectivity index (χ1) is 9.04. The minimum absolute atomic E-state index is 0.309. The molecule has 0 aliphatic carbocycles. The highest BCUT2D eigenvalue weighted by atomic mass is 16.3. The van der Waals surface area contributed by atoms with Crippen molar-refractivity contribution in [3.05, 3.63) is 58.0 Å². The van der Waals surface area contributed by atoms with Crippen LogP contribution in [0.3, 0.4) is 0 Å². The molecule has 0 saturated heterocycles. The van der Waals surface area contributed by atoms with E-state index >= 15 is 0 Å². The second kappa shape index (κ2) is 4.95. The van der Waals surface area contributed by atoms with Crippen molar-refractivity contribution in [2.24, 2.45) is 5.84 Å². The summed E-state index contributed by atoms with van der Waals surface area (Å²) in [6, 6.07) is 7.93. The minimum Gasteiger partial charge on any atom is -0.503 e. The van der Waals surface area contributed by atoms with Crippen molar-refractivity contribution >= 4 is 5.91 Å². The second-order valence-electron chi connectivity index (χ2n) is 4.01. The fourth-order valence-electron chi connectivity index (χ4n) is 1.79. The monoisotopic (exact) mass is 259 g/mol. The van der Waals surface area contributed by atoms with Gasteiger partial charge < -0.3 is 9.67 Å². The standard InChI is InChI=1S/C13H13N3O3/c1-8-12(18)11(17)5-6-16(8)10-4-2-3-9(7-10)13(19)15-14/h2-7,18H,14H2,1H3,(H,15,19). The van der Waals surface area contributed by atoms with E-state index in [0.717, 1.165) is 0 Å². The summed E-state index contributed by atoms with van der Waals surface area (Å²) < 4.78 is 1.62. The lowest BCUT2D eigenvalue weighted by Crippen LogP contribution is -2.30. The highest BCUT2D eigenvalue weighted by molar-refractivity contribution is 5.94. The van der Waals surface area contributed by atoms with Crippen LogP contribution in [0.1, 0.15) is 16.1 Å². The van der Waals surface area contributed by atoms with Crippen LogP contribution in [0.15, 0.2) is 41.3 Å². The number of benzene rings is 1. The van der Waals surface area contributed by atoms with Crippen molar-refractivity contribution in [3.63, 3.8) is 0 Å². The Kier molecular flexibility index (Phi) is 3.35. The highest BCUT2D eigenvalue weighted by Crippen LogP contribution is 2.17. The number of carbonyl (C=O) groups excluding carboxylic acids is 1. The molecule has 0 radical (unpaired) electrons. The number of nitrogens with two attached hydrogens (primary N) is 1. The first-order valence-corrected chi connectivity index (χ1v) is 5.57. The SMILES string of the molecule is Cc1c(O)c(=O)ccn1-c1cccc(C(=O)NN)c1. The number of nitrogen functional groups attached to an aromatic ring is 1. The van der Waals surface area contributed by atoms with E-state index in [0.29, 0.717) is 16.9 Å². The third-order valence-corrected chi connectivity index (χ3v) is 2.83. The Balaban J connectivity index is 2.57. The zero-order valence-electron chi connectivity index (χ0n) is 10.3. The van der Waals surface area contributed by atoms with Crippen LogP contribution >= 0.6 is 0 Å². The van der Waals surface area contributed by atoms with Gasteiger partial charge in [0.15, 0.2) is 5.75 Å². The van der Waals surface area contributed by atoms with Gasteiger partial charge in [0.25, 0.3) is 5.91 Å². The smallest absolute Gasteiger partial charge is 0.265 e. The van der Waals surface area contributed by atoms with Crippen LogP contribution in [0.4, 0.5) is 0 Å². The predicted octanol–water partition coefficient (Wildman–Crippen LogP) is 0.455. The molecule has 0 bridgehead atoms. The molecule has 0 aliphatic heterocycles. The van der Waals surface area contributed by atoms with Gasteiger partial charge in [-0.15, -0.1) is 0 Å². The number of rotatable bonds is 2. The number of nitrogens with zero attached hydrogens (tertiary/aromatic N) is 1. The maximum absolute atomic E-state index is 11.5. The second-order valence-corrected chi connectivity index (χ2v) is 4.01. The first kappa shape index (κ1) is 12.8. The van der Waals surface area contributed by atoms with Crippen LogP contribution < -0.4 is 16.7 Å². The van der Waals surface area contributed by atoms with E-state index in [1.165, 1.54) is 12.3 Å². The normalized spacial score (nSPS) is 10.2. The molecule has 0 spiro atoms. The lowest BCUT2D eigenvalue weighted by Gasteiger charge is -2.12. The number of pyridine rings is 1. The van der Waals surface area contributed by atoms with Crippen molar-refractivity contribution < 1.29 is 9.90 Å². The molecule has 4 N–H and O–H groups in total. The number of carbonyl (C=O) groups is 1. The Hall–Kier alpha value is -2.60. The molecule has 1 aromatic carbocycles. The number of hydrogen-bond donors (Lipinski definition) is 3. The summed E-state index contributed by atoms with van der Waals surface area (Å²) in [5.74, 6) is 4.36. The number of nitrogens with one attached hydrogen (secondary N) is 1. The van der Waals surface area contributed by atoms with Crippen molar-refractivity contribution in [2.75, 3.05) is 0 Å². The third-order valence-electron chi connectivity index (χ3n) is 2.83. The number of hydrogen-bond acceptors (Lipinski definition) is 4. The van der Waals surface area contributed by atoms with E-state index in [-0.39, 0.29) is 5.75 Å². The van der Waals surface area contributed by atoms with Gasteiger partial charge in [0.1, 0.15) is 0 Å². The number of aromatic hydroxyl groups is 1. The molecule has 2 rings (SSSR count). The third kappa shape index (κ3) is 2.34. The van der Waals surface area contributed by atoms with Gasteiger partial charge in [-0.1, -0.05) is 6.07 Å². The Labute approximate surface area is 109 Å². The molecule has 6 heteroatoms. The molecule has 0 atom stereocenters. The topological polar surface area (TPSA) is 97.3 Å². The molecule has 1 aromatic heterocycles. The van der Waals surface area contributed by atoms with Gasteiger partial charge in [-0.2, -0.15) is 0 Å². The average molecular weight is 259 g/mol. The van der Waals surface area contributed by atoms with E-state index in [1.807, 2.05) is 5.43 Å². The summed E-state index contributed by atoms with van der Waals surface area (Å²) >= 11 is 0. The van der Waals surface area contributed by atoms with Crippen molar-refractivity contribution in [3.8, 4) is 11.4 Å². The van der Waals surface area contributed by atoms with Crippen molar-refractivity contribution in [2.45, 2.75) is 6.92 Å². The van der Waals surface area contributed by atoms with E-state index in [9.17, 15) is 14.7 Å². The summed E-state index contributed by atoms with van der Waals surface area (Å²) in [5.41, 5.74) is 3.04. The minimum atomic E-state index is -0.440. The lowest BCUT2D eigenvalue weighted by atomic mass is 10.2. The maximum atomic E-state index is 11.5. The van der Waals surface area contributed by atoms with Crippen LogP contribution in [0, 0.1) is 6.92 Å². The van der Waals surface area contributed by atoms with Gasteiger partial charge in [0.2, 0.25) is 5.43 Å². The molecule has 1 heterocycles. The van der Waals surface area contributed by atoms with Gasteiger partial charge in [0.05, 0.1) is 5.69 Å². The number of hydrazine groups is 1. The van der Waals surface area contributed by atoms with Crippen molar-refractivity contribution in [1.82, 2.24) is 9.99 Å². The molecule has 1 amide bonds. The van der Waals surface area contributed by atoms with E-state index < -0.39 is 11.3 Å². The van der Waals surface area contributed by atoms with Gasteiger partial charge in [-0.3, -0.25) is 15.0 Å².